The van der Waals surface area contributed by atoms with Gasteiger partial charge in [0, 0.05) is 3.92 Å². The van der Waals surface area contributed by atoms with Gasteiger partial charge in [0.25, 0.3) is 0 Å². The summed E-state index contributed by atoms with van der Waals surface area (Å²) in [5.41, 5.74) is 1.24. The molecule has 1 rings (SSSR count). The number of alkyl halides is 1. The summed E-state index contributed by atoms with van der Waals surface area (Å²) in [6.07, 6.45) is 7.36. The fourth-order valence-corrected chi connectivity index (χ4v) is 2.92. The Hall–Kier alpha value is 0.210. The first-order valence-corrected chi connectivity index (χ1v) is 5.45. The molecule has 0 N–H and O–H groups in total. The van der Waals surface area contributed by atoms with Crippen LogP contribution in [-0.4, -0.2) is 3.92 Å². The molecule has 2 atom stereocenters. The van der Waals surface area contributed by atoms with E-state index in [4.69, 9.17) is 0 Å². The molecule has 0 spiro atoms. The minimum absolute atomic E-state index is 0.710. The highest BCUT2D eigenvalue weighted by Gasteiger charge is 2.23. The van der Waals surface area contributed by atoms with Crippen LogP contribution in [0.3, 0.4) is 0 Å². The molecule has 0 saturated heterocycles. The van der Waals surface area contributed by atoms with Crippen molar-refractivity contribution in [3.8, 4) is 0 Å². The van der Waals surface area contributed by atoms with Gasteiger partial charge in [-0.15, -0.1) is 0 Å². The molecule has 0 heterocycles. The van der Waals surface area contributed by atoms with Gasteiger partial charge in [-0.2, -0.15) is 0 Å². The second kappa shape index (κ2) is 4.29. The molecule has 62 valence electrons. The second-order valence-electron chi connectivity index (χ2n) is 3.19. The molecule has 0 amide bonds. The lowest BCUT2D eigenvalue weighted by atomic mass is 9.84. The van der Waals surface area contributed by atoms with Crippen molar-refractivity contribution in [2.24, 2.45) is 5.92 Å². The standard InChI is InChI=1S/C10H15I/c1-3-8(2)9-6-4-5-7-10(9)11/h3,9-10H,1-2,4-7H2. The zero-order valence-electron chi connectivity index (χ0n) is 6.85. The number of hydrogen-bond acceptors (Lipinski definition) is 0. The molecule has 1 aliphatic carbocycles. The predicted octanol–water partition coefficient (Wildman–Crippen LogP) is 3.72. The number of hydrogen-bond donors (Lipinski definition) is 0. The molecule has 0 aromatic heterocycles. The van der Waals surface area contributed by atoms with Crippen molar-refractivity contribution in [2.75, 3.05) is 0 Å². The van der Waals surface area contributed by atoms with Gasteiger partial charge in [0.05, 0.1) is 0 Å². The maximum atomic E-state index is 4.02. The zero-order chi connectivity index (χ0) is 8.27. The highest BCUT2D eigenvalue weighted by Crippen LogP contribution is 2.34. The molecule has 0 aliphatic heterocycles. The lowest BCUT2D eigenvalue weighted by molar-refractivity contribution is 0.433. The molecule has 0 nitrogen and oxygen atoms in total. The van der Waals surface area contributed by atoms with Gasteiger partial charge in [0.1, 0.15) is 0 Å². The summed E-state index contributed by atoms with van der Waals surface area (Å²) in [6.45, 7) is 7.79. The fourth-order valence-electron chi connectivity index (χ4n) is 1.65. The Kier molecular flexibility index (Phi) is 3.63. The lowest BCUT2D eigenvalue weighted by Crippen LogP contribution is -2.19. The second-order valence-corrected chi connectivity index (χ2v) is 4.79. The molecule has 11 heavy (non-hydrogen) atoms. The molecule has 0 aromatic rings. The van der Waals surface area contributed by atoms with Gasteiger partial charge in [-0.3, -0.25) is 0 Å². The highest BCUT2D eigenvalue weighted by atomic mass is 127. The normalized spacial score (nSPS) is 31.4. The largest absolute Gasteiger partial charge is 0.0988 e. The van der Waals surface area contributed by atoms with Gasteiger partial charge in [-0.1, -0.05) is 60.2 Å². The third-order valence-corrected chi connectivity index (χ3v) is 3.91. The predicted molar refractivity (Wildman–Crippen MR) is 59.1 cm³/mol. The van der Waals surface area contributed by atoms with Crippen LogP contribution in [0.25, 0.3) is 0 Å². The summed E-state index contributed by atoms with van der Waals surface area (Å²) >= 11 is 2.55. The monoisotopic (exact) mass is 262 g/mol. The van der Waals surface area contributed by atoms with E-state index in [0.717, 1.165) is 3.92 Å². The van der Waals surface area contributed by atoms with Crippen LogP contribution >= 0.6 is 22.6 Å². The SMILES string of the molecule is C=CC(=C)C1CCCCC1I. The van der Waals surface area contributed by atoms with Gasteiger partial charge in [-0.05, 0) is 18.8 Å². The molecule has 1 fully saturated rings. The van der Waals surface area contributed by atoms with Crippen molar-refractivity contribution in [3.63, 3.8) is 0 Å². The fraction of sp³-hybridized carbons (Fsp3) is 0.600. The minimum atomic E-state index is 0.710. The maximum absolute atomic E-state index is 4.02. The summed E-state index contributed by atoms with van der Waals surface area (Å²) in [5, 5.41) is 0. The average molecular weight is 262 g/mol. The van der Waals surface area contributed by atoms with Crippen LogP contribution in [0.4, 0.5) is 0 Å². The van der Waals surface area contributed by atoms with Gasteiger partial charge in [0.2, 0.25) is 0 Å². The third kappa shape index (κ3) is 2.32. The zero-order valence-corrected chi connectivity index (χ0v) is 9.01. The van der Waals surface area contributed by atoms with Crippen molar-refractivity contribution in [1.29, 1.82) is 0 Å². The van der Waals surface area contributed by atoms with Gasteiger partial charge >= 0.3 is 0 Å². The summed E-state index contributed by atoms with van der Waals surface area (Å²) in [7, 11) is 0. The number of rotatable bonds is 2. The molecule has 0 radical (unpaired) electrons. The first-order valence-electron chi connectivity index (χ1n) is 4.21. The molecule has 0 aromatic carbocycles. The smallest absolute Gasteiger partial charge is 0.0178 e. The van der Waals surface area contributed by atoms with Gasteiger partial charge in [-0.25, -0.2) is 0 Å². The van der Waals surface area contributed by atoms with E-state index < -0.39 is 0 Å². The summed E-state index contributed by atoms with van der Waals surface area (Å²) in [4.78, 5) is 0. The van der Waals surface area contributed by atoms with Crippen LogP contribution in [0.1, 0.15) is 25.7 Å². The number of allylic oxidation sites excluding steroid dienone is 2. The van der Waals surface area contributed by atoms with Gasteiger partial charge in [0.15, 0.2) is 0 Å². The molecule has 0 bridgehead atoms. The van der Waals surface area contributed by atoms with E-state index in [9.17, 15) is 0 Å². The van der Waals surface area contributed by atoms with E-state index in [0.29, 0.717) is 5.92 Å². The molecule has 1 saturated carbocycles. The van der Waals surface area contributed by atoms with E-state index in [2.05, 4.69) is 35.7 Å². The van der Waals surface area contributed by atoms with Crippen LogP contribution < -0.4 is 0 Å². The van der Waals surface area contributed by atoms with Crippen LogP contribution in [0.15, 0.2) is 24.8 Å². The molecule has 1 heteroatoms. The van der Waals surface area contributed by atoms with Crippen molar-refractivity contribution in [1.82, 2.24) is 0 Å². The van der Waals surface area contributed by atoms with Gasteiger partial charge < -0.3 is 0 Å². The highest BCUT2D eigenvalue weighted by molar-refractivity contribution is 14.1. The van der Waals surface area contributed by atoms with Crippen LogP contribution in [0.5, 0.6) is 0 Å². The van der Waals surface area contributed by atoms with Crippen molar-refractivity contribution in [2.45, 2.75) is 29.6 Å². The Morgan fingerprint density at radius 1 is 1.36 bits per heavy atom. The van der Waals surface area contributed by atoms with Crippen molar-refractivity contribution >= 4 is 22.6 Å². The number of halogens is 1. The summed E-state index contributed by atoms with van der Waals surface area (Å²) in [6, 6.07) is 0. The van der Waals surface area contributed by atoms with E-state index in [1.165, 1.54) is 31.3 Å². The Bertz CT molecular complexity index is 160. The van der Waals surface area contributed by atoms with Crippen LogP contribution in [-0.2, 0) is 0 Å². The quantitative estimate of drug-likeness (QED) is 0.404. The van der Waals surface area contributed by atoms with Crippen molar-refractivity contribution < 1.29 is 0 Å². The average Bonchev–Trinajstić information content (AvgIpc) is 2.04. The topological polar surface area (TPSA) is 0 Å². The first-order chi connectivity index (χ1) is 5.25. The third-order valence-electron chi connectivity index (χ3n) is 2.42. The first kappa shape index (κ1) is 9.30. The van der Waals surface area contributed by atoms with E-state index in [-0.39, 0.29) is 0 Å². The Morgan fingerprint density at radius 2 is 2.00 bits per heavy atom. The minimum Gasteiger partial charge on any atom is -0.0988 e. The lowest BCUT2D eigenvalue weighted by Gasteiger charge is -2.27. The van der Waals surface area contributed by atoms with E-state index in [1.54, 1.807) is 0 Å². The molecular weight excluding hydrogens is 247 g/mol. The Morgan fingerprint density at radius 3 is 2.55 bits per heavy atom. The van der Waals surface area contributed by atoms with E-state index in [1.807, 2.05) is 6.08 Å². The van der Waals surface area contributed by atoms with Crippen LogP contribution in [0.2, 0.25) is 0 Å². The molecule has 2 unspecified atom stereocenters. The molecular formula is C10H15I. The van der Waals surface area contributed by atoms with Crippen LogP contribution in [0, 0.1) is 5.92 Å². The maximum Gasteiger partial charge on any atom is 0.0178 e. The molecule has 1 aliphatic rings. The van der Waals surface area contributed by atoms with E-state index >= 15 is 0 Å². The Balaban J connectivity index is 2.53. The summed E-state index contributed by atoms with van der Waals surface area (Å²) < 4.78 is 0.798. The van der Waals surface area contributed by atoms with Crippen molar-refractivity contribution in [3.05, 3.63) is 24.8 Å². The Labute approximate surface area is 82.9 Å². The summed E-state index contributed by atoms with van der Waals surface area (Å²) in [5.74, 6) is 0.710.